The van der Waals surface area contributed by atoms with E-state index in [0.717, 1.165) is 17.1 Å². The number of hydrogen-bond acceptors (Lipinski definition) is 6. The maximum Gasteiger partial charge on any atom is 0.164 e. The molecule has 0 amide bonds. The summed E-state index contributed by atoms with van der Waals surface area (Å²) in [6, 6.07) is 1.97. The van der Waals surface area contributed by atoms with E-state index in [1.54, 1.807) is 22.5 Å². The van der Waals surface area contributed by atoms with Crippen LogP contribution in [0.3, 0.4) is 0 Å². The first-order chi connectivity index (χ1) is 9.13. The summed E-state index contributed by atoms with van der Waals surface area (Å²) in [4.78, 5) is 1.05. The van der Waals surface area contributed by atoms with Gasteiger partial charge in [0.2, 0.25) is 0 Å². The van der Waals surface area contributed by atoms with Crippen molar-refractivity contribution in [3.05, 3.63) is 22.5 Å². The smallest absolute Gasteiger partial charge is 0.164 e. The van der Waals surface area contributed by atoms with Crippen LogP contribution in [0, 0.1) is 4.64 Å². The van der Waals surface area contributed by atoms with Gasteiger partial charge in [-0.3, -0.25) is 0 Å². The molecule has 1 aromatic rings. The molecule has 3 heterocycles. The quantitative estimate of drug-likeness (QED) is 0.690. The molecule has 1 aromatic heterocycles. The van der Waals surface area contributed by atoms with Gasteiger partial charge >= 0.3 is 0 Å². The minimum Gasteiger partial charge on any atom is -0.394 e. The van der Waals surface area contributed by atoms with Crippen molar-refractivity contribution in [2.24, 2.45) is 0 Å². The molecule has 0 radical (unpaired) electrons. The van der Waals surface area contributed by atoms with Crippen LogP contribution < -0.4 is 0 Å². The third-order valence-electron chi connectivity index (χ3n) is 3.57. The zero-order valence-corrected chi connectivity index (χ0v) is 11.7. The van der Waals surface area contributed by atoms with Crippen LogP contribution in [0.4, 0.5) is 0 Å². The Hall–Kier alpha value is -0.440. The molecule has 0 spiro atoms. The number of ether oxygens (including phenoxy) is 1. The molecule has 19 heavy (non-hydrogen) atoms. The molecule has 5 nitrogen and oxygen atoms in total. The van der Waals surface area contributed by atoms with E-state index >= 15 is 0 Å². The molecular weight excluding hydrogens is 286 g/mol. The lowest BCUT2D eigenvalue weighted by atomic mass is 10.1. The van der Waals surface area contributed by atoms with Gasteiger partial charge in [0.1, 0.15) is 23.0 Å². The molecule has 1 saturated heterocycles. The molecule has 3 N–H and O–H groups in total. The number of nitrogens with zero attached hydrogens (tertiary/aromatic N) is 1. The Bertz CT molecular complexity index is 547. The summed E-state index contributed by atoms with van der Waals surface area (Å²) in [5.41, 5.74) is 1.22. The molecule has 7 heteroatoms. The third-order valence-corrected chi connectivity index (χ3v) is 5.26. The predicted molar refractivity (Wildman–Crippen MR) is 72.7 cm³/mol. The van der Waals surface area contributed by atoms with Crippen molar-refractivity contribution in [3.63, 3.8) is 0 Å². The van der Waals surface area contributed by atoms with Crippen molar-refractivity contribution < 1.29 is 20.1 Å². The van der Waals surface area contributed by atoms with E-state index in [1.807, 2.05) is 6.07 Å². The van der Waals surface area contributed by atoms with Crippen LogP contribution in [0.2, 0.25) is 0 Å². The first kappa shape index (κ1) is 13.5. The highest BCUT2D eigenvalue weighted by atomic mass is 32.2. The van der Waals surface area contributed by atoms with Crippen LogP contribution in [0.15, 0.2) is 17.2 Å². The van der Waals surface area contributed by atoms with E-state index in [-0.39, 0.29) is 6.61 Å². The lowest BCUT2D eigenvalue weighted by Gasteiger charge is -2.19. The highest BCUT2D eigenvalue weighted by Crippen LogP contribution is 2.35. The van der Waals surface area contributed by atoms with Crippen LogP contribution >= 0.6 is 24.0 Å². The van der Waals surface area contributed by atoms with Gasteiger partial charge in [-0.2, -0.15) is 0 Å². The molecule has 0 bridgehead atoms. The first-order valence-electron chi connectivity index (χ1n) is 6.12. The summed E-state index contributed by atoms with van der Waals surface area (Å²) in [6.07, 6.45) is -0.923. The van der Waals surface area contributed by atoms with E-state index in [0.29, 0.717) is 4.64 Å². The maximum absolute atomic E-state index is 10.0. The molecule has 0 aliphatic carbocycles. The molecule has 0 saturated carbocycles. The van der Waals surface area contributed by atoms with E-state index in [9.17, 15) is 10.2 Å². The van der Waals surface area contributed by atoms with Crippen molar-refractivity contribution in [1.82, 2.24) is 4.57 Å². The highest BCUT2D eigenvalue weighted by molar-refractivity contribution is 7.99. The van der Waals surface area contributed by atoms with Crippen LogP contribution in [0.1, 0.15) is 11.8 Å². The second kappa shape index (κ2) is 5.16. The molecular formula is C12H15NO4S2. The van der Waals surface area contributed by atoms with Crippen molar-refractivity contribution in [2.75, 3.05) is 12.4 Å². The number of aliphatic hydroxyl groups is 3. The van der Waals surface area contributed by atoms with Gasteiger partial charge in [-0.1, -0.05) is 12.2 Å². The first-order valence-corrected chi connectivity index (χ1v) is 7.52. The van der Waals surface area contributed by atoms with Crippen LogP contribution in [0.5, 0.6) is 0 Å². The van der Waals surface area contributed by atoms with E-state index < -0.39 is 24.5 Å². The second-order valence-electron chi connectivity index (χ2n) is 4.71. The number of aryl methyl sites for hydroxylation is 1. The average Bonchev–Trinajstić information content (AvgIpc) is 2.98. The molecule has 2 aliphatic rings. The predicted octanol–water partition coefficient (Wildman–Crippen LogP) is 0.477. The van der Waals surface area contributed by atoms with Gasteiger partial charge in [0.05, 0.1) is 6.61 Å². The minimum atomic E-state index is -1.10. The third kappa shape index (κ3) is 2.14. The molecule has 0 aromatic carbocycles. The summed E-state index contributed by atoms with van der Waals surface area (Å²) < 4.78 is 7.78. The van der Waals surface area contributed by atoms with Crippen LogP contribution in [-0.4, -0.2) is 50.6 Å². The van der Waals surface area contributed by atoms with Gasteiger partial charge < -0.3 is 24.6 Å². The number of hydrogen-bond donors (Lipinski definition) is 3. The van der Waals surface area contributed by atoms with Gasteiger partial charge in [0.15, 0.2) is 6.23 Å². The Labute approximate surface area is 119 Å². The van der Waals surface area contributed by atoms with Crippen molar-refractivity contribution in [2.45, 2.75) is 35.9 Å². The summed E-state index contributed by atoms with van der Waals surface area (Å²) in [5.74, 6) is 1.01. The fourth-order valence-electron chi connectivity index (χ4n) is 2.49. The summed E-state index contributed by atoms with van der Waals surface area (Å²) >= 11 is 7.13. The number of thioether (sulfide) groups is 1. The molecule has 2 unspecified atom stereocenters. The zero-order valence-electron chi connectivity index (χ0n) is 10.1. The fourth-order valence-corrected chi connectivity index (χ4v) is 4.08. The number of aromatic nitrogens is 1. The number of aliphatic hydroxyl groups excluding tert-OH is 3. The lowest BCUT2D eigenvalue weighted by Crippen LogP contribution is -2.33. The maximum atomic E-state index is 10.0. The van der Waals surface area contributed by atoms with Gasteiger partial charge in [0.25, 0.3) is 0 Å². The van der Waals surface area contributed by atoms with Gasteiger partial charge in [-0.15, -0.1) is 11.8 Å². The van der Waals surface area contributed by atoms with Crippen molar-refractivity contribution >= 4 is 24.0 Å². The fraction of sp³-hybridized carbons (Fsp3) is 0.583. The molecule has 104 valence electrons. The Morgan fingerprint density at radius 1 is 1.42 bits per heavy atom. The Morgan fingerprint density at radius 3 is 2.89 bits per heavy atom. The Morgan fingerprint density at radius 2 is 2.21 bits per heavy atom. The molecule has 2 aliphatic heterocycles. The lowest BCUT2D eigenvalue weighted by molar-refractivity contribution is -0.0539. The Kier molecular flexibility index (Phi) is 3.67. The number of pyridine rings is 1. The monoisotopic (exact) mass is 301 g/mol. The van der Waals surface area contributed by atoms with Gasteiger partial charge in [-0.25, -0.2) is 0 Å². The normalized spacial score (nSPS) is 33.6. The van der Waals surface area contributed by atoms with Gasteiger partial charge in [0, 0.05) is 16.8 Å². The summed E-state index contributed by atoms with van der Waals surface area (Å²) in [5, 5.41) is 28.9. The van der Waals surface area contributed by atoms with Crippen molar-refractivity contribution in [3.8, 4) is 0 Å². The summed E-state index contributed by atoms with van der Waals surface area (Å²) in [7, 11) is 0. The zero-order chi connectivity index (χ0) is 13.6. The van der Waals surface area contributed by atoms with E-state index in [1.165, 1.54) is 5.56 Å². The SMILES string of the molecule is OC[C@H]1O[C@@H](n2ccc3c(c2=S)SCC3)C(O)C1O. The van der Waals surface area contributed by atoms with Crippen molar-refractivity contribution in [1.29, 1.82) is 0 Å². The molecule has 1 fully saturated rings. The van der Waals surface area contributed by atoms with Crippen LogP contribution in [0.25, 0.3) is 0 Å². The van der Waals surface area contributed by atoms with E-state index in [2.05, 4.69) is 0 Å². The molecule has 4 atom stereocenters. The Balaban J connectivity index is 1.98. The van der Waals surface area contributed by atoms with E-state index in [4.69, 9.17) is 22.1 Å². The average molecular weight is 301 g/mol. The topological polar surface area (TPSA) is 74.9 Å². The van der Waals surface area contributed by atoms with Gasteiger partial charge in [-0.05, 0) is 18.1 Å². The minimum absolute atomic E-state index is 0.332. The largest absolute Gasteiger partial charge is 0.394 e. The number of fused-ring (bicyclic) bond motifs is 1. The highest BCUT2D eigenvalue weighted by Gasteiger charge is 2.43. The summed E-state index contributed by atoms with van der Waals surface area (Å²) in [6.45, 7) is -0.332. The number of rotatable bonds is 2. The second-order valence-corrected chi connectivity index (χ2v) is 6.20. The molecule has 3 rings (SSSR count). The van der Waals surface area contributed by atoms with Crippen LogP contribution in [-0.2, 0) is 11.2 Å². The standard InChI is InChI=1S/C12H15NO4S2/c14-5-7-8(15)9(16)11(17-7)13-3-1-6-2-4-19-10(6)12(13)18/h1,3,7-9,11,14-16H,2,4-5H2/t7-,8?,9?,11-/m1/s1.